The number of carbonyl (C=O) groups excluding carboxylic acids is 1. The number of hydrazone groups is 1. The van der Waals surface area contributed by atoms with Crippen molar-refractivity contribution in [3.05, 3.63) is 57.6 Å². The van der Waals surface area contributed by atoms with Gasteiger partial charge in [0.05, 0.1) is 15.8 Å². The third kappa shape index (κ3) is 3.18. The van der Waals surface area contributed by atoms with E-state index in [0.717, 1.165) is 0 Å². The van der Waals surface area contributed by atoms with Crippen molar-refractivity contribution in [3.8, 4) is 0 Å². The van der Waals surface area contributed by atoms with Crippen LogP contribution < -0.4 is 5.43 Å². The van der Waals surface area contributed by atoms with E-state index >= 15 is 0 Å². The summed E-state index contributed by atoms with van der Waals surface area (Å²) < 4.78 is 13.4. The van der Waals surface area contributed by atoms with Gasteiger partial charge in [-0.25, -0.2) is 9.82 Å². The molecule has 0 bridgehead atoms. The van der Waals surface area contributed by atoms with Crippen molar-refractivity contribution in [2.75, 3.05) is 0 Å². The van der Waals surface area contributed by atoms with Crippen LogP contribution in [0.15, 0.2) is 35.6 Å². The first-order valence-corrected chi connectivity index (χ1v) is 6.37. The third-order valence-corrected chi connectivity index (χ3v) is 3.17. The summed E-state index contributed by atoms with van der Waals surface area (Å²) >= 11 is 11.6. The van der Waals surface area contributed by atoms with Gasteiger partial charge in [0.1, 0.15) is 11.5 Å². The Kier molecular flexibility index (Phi) is 4.42. The number of carbonyl (C=O) groups is 1. The lowest BCUT2D eigenvalue weighted by Crippen LogP contribution is -2.19. The fraction of sp³-hybridized carbons (Fsp3) is 0.0769. The highest BCUT2D eigenvalue weighted by Crippen LogP contribution is 2.24. The van der Waals surface area contributed by atoms with Gasteiger partial charge in [-0.3, -0.25) is 4.79 Å². The Morgan fingerprint density at radius 3 is 2.75 bits per heavy atom. The normalized spacial score (nSPS) is 11.5. The molecule has 0 aliphatic rings. The third-order valence-electron chi connectivity index (χ3n) is 2.57. The van der Waals surface area contributed by atoms with Crippen molar-refractivity contribution in [2.45, 2.75) is 6.92 Å². The molecule has 2 N–H and O–H groups in total. The standard InChI is InChI=1S/C13H10Cl2FN3O/c1-7(8-5-11(16)10(15)6-9(8)14)18-19-13(20)12-3-2-4-17-12/h2-6,17H,1H3,(H,19,20)/b18-7-. The molecule has 2 rings (SSSR count). The molecule has 0 aliphatic heterocycles. The highest BCUT2D eigenvalue weighted by atomic mass is 35.5. The first-order valence-electron chi connectivity index (χ1n) is 5.62. The molecule has 0 unspecified atom stereocenters. The van der Waals surface area contributed by atoms with Crippen LogP contribution in [0.5, 0.6) is 0 Å². The van der Waals surface area contributed by atoms with Crippen LogP contribution in [-0.2, 0) is 0 Å². The molecule has 2 aromatic rings. The van der Waals surface area contributed by atoms with Crippen molar-refractivity contribution in [3.63, 3.8) is 0 Å². The Hall–Kier alpha value is -1.85. The van der Waals surface area contributed by atoms with Crippen molar-refractivity contribution < 1.29 is 9.18 Å². The molecule has 104 valence electrons. The van der Waals surface area contributed by atoms with Gasteiger partial charge >= 0.3 is 0 Å². The van der Waals surface area contributed by atoms with Gasteiger partial charge in [0.15, 0.2) is 0 Å². The van der Waals surface area contributed by atoms with Gasteiger partial charge in [0.25, 0.3) is 5.91 Å². The molecule has 0 aliphatic carbocycles. The van der Waals surface area contributed by atoms with Crippen molar-refractivity contribution in [1.29, 1.82) is 0 Å². The van der Waals surface area contributed by atoms with E-state index in [4.69, 9.17) is 23.2 Å². The van der Waals surface area contributed by atoms with E-state index in [0.29, 0.717) is 17.0 Å². The van der Waals surface area contributed by atoms with Gasteiger partial charge in [0.2, 0.25) is 0 Å². The molecule has 0 spiro atoms. The summed E-state index contributed by atoms with van der Waals surface area (Å²) in [6.07, 6.45) is 1.62. The minimum atomic E-state index is -0.601. The predicted molar refractivity (Wildman–Crippen MR) is 76.9 cm³/mol. The Bertz CT molecular complexity index is 669. The largest absolute Gasteiger partial charge is 0.357 e. The zero-order valence-corrected chi connectivity index (χ0v) is 11.9. The van der Waals surface area contributed by atoms with E-state index in [1.807, 2.05) is 0 Å². The maximum atomic E-state index is 13.4. The second kappa shape index (κ2) is 6.07. The fourth-order valence-electron chi connectivity index (χ4n) is 1.53. The van der Waals surface area contributed by atoms with Gasteiger partial charge in [-0.15, -0.1) is 0 Å². The first kappa shape index (κ1) is 14.6. The number of aromatic nitrogens is 1. The number of rotatable bonds is 3. The van der Waals surface area contributed by atoms with Crippen LogP contribution in [-0.4, -0.2) is 16.6 Å². The van der Waals surface area contributed by atoms with Gasteiger partial charge in [-0.05, 0) is 31.2 Å². The van der Waals surface area contributed by atoms with Gasteiger partial charge in [-0.1, -0.05) is 23.2 Å². The summed E-state index contributed by atoms with van der Waals surface area (Å²) in [4.78, 5) is 14.4. The minimum Gasteiger partial charge on any atom is -0.357 e. The lowest BCUT2D eigenvalue weighted by atomic mass is 10.1. The molecule has 7 heteroatoms. The molecular formula is C13H10Cl2FN3O. The quantitative estimate of drug-likeness (QED) is 0.507. The Labute approximate surface area is 124 Å². The number of hydrogen-bond donors (Lipinski definition) is 2. The summed E-state index contributed by atoms with van der Waals surface area (Å²) in [5, 5.41) is 4.07. The number of benzene rings is 1. The van der Waals surface area contributed by atoms with E-state index in [1.165, 1.54) is 12.1 Å². The number of nitrogens with zero attached hydrogens (tertiary/aromatic N) is 1. The molecule has 1 amide bonds. The molecule has 1 aromatic carbocycles. The van der Waals surface area contributed by atoms with Crippen LogP contribution in [0.2, 0.25) is 10.0 Å². The smallest absolute Gasteiger partial charge is 0.287 e. The molecular weight excluding hydrogens is 304 g/mol. The summed E-state index contributed by atoms with van der Waals surface area (Å²) in [6.45, 7) is 1.60. The highest BCUT2D eigenvalue weighted by Gasteiger charge is 2.10. The first-order chi connectivity index (χ1) is 9.49. The number of H-pyrrole nitrogens is 1. The number of nitrogens with one attached hydrogen (secondary N) is 2. The van der Waals surface area contributed by atoms with Crippen molar-refractivity contribution >= 4 is 34.8 Å². The summed E-state index contributed by atoms with van der Waals surface area (Å²) in [6, 6.07) is 5.76. The molecule has 20 heavy (non-hydrogen) atoms. The Morgan fingerprint density at radius 1 is 1.35 bits per heavy atom. The SMILES string of the molecule is C/C(=N/NC(=O)c1ccc[nH]1)c1cc(F)c(Cl)cc1Cl. The van der Waals surface area contributed by atoms with Crippen molar-refractivity contribution in [1.82, 2.24) is 10.4 Å². The average molecular weight is 314 g/mol. The van der Waals surface area contributed by atoms with E-state index in [9.17, 15) is 9.18 Å². The predicted octanol–water partition coefficient (Wildman–Crippen LogP) is 3.61. The molecule has 0 saturated heterocycles. The van der Waals surface area contributed by atoms with Crippen LogP contribution in [0, 0.1) is 5.82 Å². The minimum absolute atomic E-state index is 0.0676. The molecule has 4 nitrogen and oxygen atoms in total. The van der Waals surface area contributed by atoms with Crippen LogP contribution in [0.3, 0.4) is 0 Å². The average Bonchev–Trinajstić information content (AvgIpc) is 2.94. The number of hydrogen-bond acceptors (Lipinski definition) is 2. The Balaban J connectivity index is 2.19. The second-order valence-electron chi connectivity index (χ2n) is 3.97. The Morgan fingerprint density at radius 2 is 2.10 bits per heavy atom. The second-order valence-corrected chi connectivity index (χ2v) is 4.78. The van der Waals surface area contributed by atoms with Crippen LogP contribution >= 0.6 is 23.2 Å². The van der Waals surface area contributed by atoms with Crippen LogP contribution in [0.4, 0.5) is 4.39 Å². The van der Waals surface area contributed by atoms with Gasteiger partial charge < -0.3 is 4.98 Å². The van der Waals surface area contributed by atoms with Crippen LogP contribution in [0.25, 0.3) is 0 Å². The van der Waals surface area contributed by atoms with E-state index < -0.39 is 11.7 Å². The molecule has 0 atom stereocenters. The maximum absolute atomic E-state index is 13.4. The fourth-order valence-corrected chi connectivity index (χ4v) is 2.05. The van der Waals surface area contributed by atoms with Crippen molar-refractivity contribution in [2.24, 2.45) is 5.10 Å². The summed E-state index contributed by atoms with van der Waals surface area (Å²) in [7, 11) is 0. The number of aromatic amines is 1. The summed E-state index contributed by atoms with van der Waals surface area (Å²) in [5.74, 6) is -1.00. The van der Waals surface area contributed by atoms with Gasteiger partial charge in [-0.2, -0.15) is 5.10 Å². The van der Waals surface area contributed by atoms with Gasteiger partial charge in [0, 0.05) is 11.8 Å². The molecule has 0 fully saturated rings. The molecule has 0 radical (unpaired) electrons. The molecule has 1 heterocycles. The van der Waals surface area contributed by atoms with E-state index in [2.05, 4.69) is 15.5 Å². The number of amides is 1. The summed E-state index contributed by atoms with van der Waals surface area (Å²) in [5.41, 5.74) is 3.45. The van der Waals surface area contributed by atoms with E-state index in [-0.39, 0.29) is 10.0 Å². The zero-order valence-electron chi connectivity index (χ0n) is 10.4. The van der Waals surface area contributed by atoms with Crippen LogP contribution in [0.1, 0.15) is 23.0 Å². The van der Waals surface area contributed by atoms with E-state index in [1.54, 1.807) is 25.3 Å². The maximum Gasteiger partial charge on any atom is 0.287 e. The molecule has 1 aromatic heterocycles. The zero-order chi connectivity index (χ0) is 14.7. The topological polar surface area (TPSA) is 57.2 Å². The highest BCUT2D eigenvalue weighted by molar-refractivity contribution is 6.37. The number of halogens is 3. The molecule has 0 saturated carbocycles. The lowest BCUT2D eigenvalue weighted by Gasteiger charge is -2.06. The monoisotopic (exact) mass is 313 g/mol. The lowest BCUT2D eigenvalue weighted by molar-refractivity contribution is 0.0950.